The largest absolute Gasteiger partial charge is 0.388 e. The van der Waals surface area contributed by atoms with Crippen LogP contribution in [-0.2, 0) is 9.30 Å². The topological polar surface area (TPSA) is 26.3 Å². The fourth-order valence-electron chi connectivity index (χ4n) is 0. The average Bonchev–Trinajstić information content (AvgIpc) is 1.69. The van der Waals surface area contributed by atoms with Gasteiger partial charge in [-0.2, -0.15) is 0 Å². The Morgan fingerprint density at radius 1 is 1.57 bits per heavy atom. The van der Waals surface area contributed by atoms with Gasteiger partial charge in [0, 0.05) is 20.4 Å². The molecule has 0 aromatic rings. The summed E-state index contributed by atoms with van der Waals surface area (Å²) in [5.41, 5.74) is 0. The van der Waals surface area contributed by atoms with Gasteiger partial charge >= 0.3 is 0 Å². The highest BCUT2D eigenvalue weighted by molar-refractivity contribution is 7.23. The molecule has 3 heteroatoms. The van der Waals surface area contributed by atoms with Crippen LogP contribution < -0.4 is 0 Å². The third-order valence-corrected chi connectivity index (χ3v) is 0.387. The fraction of sp³-hybridized carbons (Fsp3) is 1.00. The van der Waals surface area contributed by atoms with Crippen molar-refractivity contribution >= 4 is 8.46 Å². The first-order valence-corrected chi connectivity index (χ1v) is 3.02. The minimum atomic E-state index is 0.248. The lowest BCUT2D eigenvalue weighted by Gasteiger charge is -1.61. The molecule has 0 aliphatic rings. The number of ether oxygens (including phenoxy) is 1. The van der Waals surface area contributed by atoms with Crippen molar-refractivity contribution in [3.63, 3.8) is 0 Å². The first-order valence-electron chi connectivity index (χ1n) is 2.02. The van der Waals surface area contributed by atoms with Gasteiger partial charge in [0.25, 0.3) is 0 Å². The Morgan fingerprint density at radius 2 is 1.71 bits per heavy atom. The number of hydrogen-bond donors (Lipinski definition) is 0. The highest BCUT2D eigenvalue weighted by Gasteiger charge is 1.55. The summed E-state index contributed by atoms with van der Waals surface area (Å²) >= 11 is 0. The zero-order chi connectivity index (χ0) is 6.12. The molecule has 0 spiro atoms. The van der Waals surface area contributed by atoms with E-state index in [1.807, 2.05) is 6.92 Å². The van der Waals surface area contributed by atoms with E-state index in [0.29, 0.717) is 0 Å². The van der Waals surface area contributed by atoms with E-state index in [4.69, 9.17) is 0 Å². The zero-order valence-corrected chi connectivity index (χ0v) is 5.87. The molecule has 2 nitrogen and oxygen atoms in total. The summed E-state index contributed by atoms with van der Waals surface area (Å²) < 4.78 is 13.5. The predicted octanol–water partition coefficient (Wildman–Crippen LogP) is 1.56. The Labute approximate surface area is 46.1 Å². The maximum atomic E-state index is 9.27. The first kappa shape index (κ1) is 10.1. The standard InChI is InChI=1S/C2H5OP.C2H6O/c1-2-4-3;1-3-2/h2H2,1H3;1-2H3. The molecule has 0 unspecified atom stereocenters. The molecule has 0 saturated heterocycles. The van der Waals surface area contributed by atoms with Crippen molar-refractivity contribution in [3.8, 4) is 0 Å². The van der Waals surface area contributed by atoms with Gasteiger partial charge < -0.3 is 4.74 Å². The Balaban J connectivity index is 0. The number of hydrogen-bond acceptors (Lipinski definition) is 2. The second-order valence-corrected chi connectivity index (χ2v) is 1.74. The van der Waals surface area contributed by atoms with Crippen LogP contribution in [0.25, 0.3) is 0 Å². The first-order chi connectivity index (χ1) is 3.33. The lowest BCUT2D eigenvalue weighted by Crippen LogP contribution is -1.55. The molecule has 0 N–H and O–H groups in total. The summed E-state index contributed by atoms with van der Waals surface area (Å²) in [7, 11) is 3.50. The van der Waals surface area contributed by atoms with E-state index in [0.717, 1.165) is 6.16 Å². The fourth-order valence-corrected chi connectivity index (χ4v) is 0. The molecule has 0 aromatic heterocycles. The molecule has 0 aliphatic carbocycles. The van der Waals surface area contributed by atoms with Crippen LogP contribution in [0.2, 0.25) is 0 Å². The van der Waals surface area contributed by atoms with Gasteiger partial charge in [0.1, 0.15) is 0 Å². The molecule has 0 aromatic carbocycles. The van der Waals surface area contributed by atoms with E-state index in [1.54, 1.807) is 14.2 Å². The van der Waals surface area contributed by atoms with Crippen molar-refractivity contribution in [1.29, 1.82) is 0 Å². The number of rotatable bonds is 1. The molecular formula is C4H11O2P. The van der Waals surface area contributed by atoms with Crippen molar-refractivity contribution in [2.45, 2.75) is 6.92 Å². The molecule has 0 rings (SSSR count). The van der Waals surface area contributed by atoms with Crippen LogP contribution in [0.4, 0.5) is 0 Å². The smallest absolute Gasteiger partial charge is 0.154 e. The summed E-state index contributed by atoms with van der Waals surface area (Å²) in [6.45, 7) is 1.86. The SMILES string of the molecule is CCP=O.COC. The monoisotopic (exact) mass is 122 g/mol. The molecule has 0 fully saturated rings. The van der Waals surface area contributed by atoms with E-state index >= 15 is 0 Å². The molecular weight excluding hydrogens is 111 g/mol. The molecule has 0 atom stereocenters. The van der Waals surface area contributed by atoms with E-state index in [-0.39, 0.29) is 8.46 Å². The van der Waals surface area contributed by atoms with Crippen LogP contribution >= 0.6 is 8.46 Å². The maximum absolute atomic E-state index is 9.27. The Hall–Kier alpha value is 0.0600. The lowest BCUT2D eigenvalue weighted by atomic mass is 11.0. The summed E-state index contributed by atoms with van der Waals surface area (Å²) in [5.74, 6) is 0. The molecule has 0 bridgehead atoms. The highest BCUT2D eigenvalue weighted by Crippen LogP contribution is 1.82. The van der Waals surface area contributed by atoms with E-state index in [9.17, 15) is 4.57 Å². The molecule has 0 amide bonds. The van der Waals surface area contributed by atoms with Crippen LogP contribution in [0.1, 0.15) is 6.92 Å². The van der Waals surface area contributed by atoms with Crippen molar-refractivity contribution < 1.29 is 9.30 Å². The molecule has 0 aliphatic heterocycles. The van der Waals surface area contributed by atoms with Gasteiger partial charge in [-0.25, -0.2) is 0 Å². The minimum Gasteiger partial charge on any atom is -0.388 e. The van der Waals surface area contributed by atoms with E-state index in [2.05, 4.69) is 4.74 Å². The van der Waals surface area contributed by atoms with Gasteiger partial charge in [-0.1, -0.05) is 6.92 Å². The zero-order valence-electron chi connectivity index (χ0n) is 4.97. The second kappa shape index (κ2) is 16.6. The predicted molar refractivity (Wildman–Crippen MR) is 31.1 cm³/mol. The van der Waals surface area contributed by atoms with Gasteiger partial charge in [-0.05, 0) is 0 Å². The summed E-state index contributed by atoms with van der Waals surface area (Å²) in [6, 6.07) is 0. The Kier molecular flexibility index (Phi) is 24.0. The molecule has 0 radical (unpaired) electrons. The van der Waals surface area contributed by atoms with Crippen LogP contribution in [0.3, 0.4) is 0 Å². The van der Waals surface area contributed by atoms with E-state index < -0.39 is 0 Å². The van der Waals surface area contributed by atoms with Crippen molar-refractivity contribution in [3.05, 3.63) is 0 Å². The van der Waals surface area contributed by atoms with Gasteiger partial charge in [0.15, 0.2) is 8.46 Å². The average molecular weight is 122 g/mol. The van der Waals surface area contributed by atoms with Gasteiger partial charge in [-0.15, -0.1) is 0 Å². The summed E-state index contributed by atoms with van der Waals surface area (Å²) in [5, 5.41) is 0. The van der Waals surface area contributed by atoms with Gasteiger partial charge in [0.2, 0.25) is 0 Å². The van der Waals surface area contributed by atoms with Crippen molar-refractivity contribution in [1.82, 2.24) is 0 Å². The minimum absolute atomic E-state index is 0.248. The van der Waals surface area contributed by atoms with Crippen LogP contribution in [0, 0.1) is 0 Å². The third kappa shape index (κ3) is 88.9. The Bertz CT molecular complexity index is 30.9. The van der Waals surface area contributed by atoms with E-state index in [1.165, 1.54) is 0 Å². The van der Waals surface area contributed by atoms with Crippen LogP contribution in [0.15, 0.2) is 0 Å². The second-order valence-electron chi connectivity index (χ2n) is 0.854. The van der Waals surface area contributed by atoms with Gasteiger partial charge in [-0.3, -0.25) is 4.57 Å². The van der Waals surface area contributed by atoms with Crippen LogP contribution in [0.5, 0.6) is 0 Å². The summed E-state index contributed by atoms with van der Waals surface area (Å²) in [6.07, 6.45) is 0.736. The summed E-state index contributed by atoms with van der Waals surface area (Å²) in [4.78, 5) is 0. The molecule has 0 heterocycles. The lowest BCUT2D eigenvalue weighted by molar-refractivity contribution is 0.277. The molecule has 0 saturated carbocycles. The highest BCUT2D eigenvalue weighted by atomic mass is 31.1. The van der Waals surface area contributed by atoms with Gasteiger partial charge in [0.05, 0.1) is 0 Å². The van der Waals surface area contributed by atoms with Crippen molar-refractivity contribution in [2.24, 2.45) is 0 Å². The van der Waals surface area contributed by atoms with Crippen LogP contribution in [-0.4, -0.2) is 20.4 Å². The van der Waals surface area contributed by atoms with Crippen molar-refractivity contribution in [2.75, 3.05) is 20.4 Å². The normalized spacial score (nSPS) is 7.29. The molecule has 44 valence electrons. The number of methoxy groups -OCH3 is 1. The Morgan fingerprint density at radius 3 is 1.71 bits per heavy atom. The molecule has 7 heavy (non-hydrogen) atoms. The quantitative estimate of drug-likeness (QED) is 0.493. The maximum Gasteiger partial charge on any atom is 0.154 e. The third-order valence-electron chi connectivity index (χ3n) is 0.129.